The first kappa shape index (κ1) is 22.8. The standard InChI is InChI=1S/C28H21N3O5/c1-17-6-4-7-19(14-17)29-26(33)22-9-2-3-10-24(22)30-25(32)18-11-12-21-23(15-18)28(35)31(27(21)34)16-20-8-5-13-36-20/h2-15H,16H2,1H3,(H,29,33)(H,30,32). The summed E-state index contributed by atoms with van der Waals surface area (Å²) < 4.78 is 5.25. The van der Waals surface area contributed by atoms with Crippen LogP contribution in [0.3, 0.4) is 0 Å². The molecule has 0 radical (unpaired) electrons. The summed E-state index contributed by atoms with van der Waals surface area (Å²) in [5.74, 6) is -1.36. The van der Waals surface area contributed by atoms with E-state index in [4.69, 9.17) is 4.42 Å². The van der Waals surface area contributed by atoms with Gasteiger partial charge in [-0.25, -0.2) is 0 Å². The minimum Gasteiger partial charge on any atom is -0.467 e. The Balaban J connectivity index is 1.35. The SMILES string of the molecule is Cc1cccc(NC(=O)c2ccccc2NC(=O)c2ccc3c(c2)C(=O)N(Cc2ccco2)C3=O)c1. The number of carbonyl (C=O) groups is 4. The van der Waals surface area contributed by atoms with Crippen molar-refractivity contribution in [2.75, 3.05) is 10.6 Å². The van der Waals surface area contributed by atoms with Gasteiger partial charge in [0.2, 0.25) is 0 Å². The van der Waals surface area contributed by atoms with Gasteiger partial charge in [-0.05, 0) is 67.1 Å². The van der Waals surface area contributed by atoms with Gasteiger partial charge in [0.25, 0.3) is 23.6 Å². The lowest BCUT2D eigenvalue weighted by Gasteiger charge is -2.12. The van der Waals surface area contributed by atoms with Crippen LogP contribution in [-0.2, 0) is 6.54 Å². The quantitative estimate of drug-likeness (QED) is 0.383. The van der Waals surface area contributed by atoms with Crippen LogP contribution in [0.4, 0.5) is 11.4 Å². The molecule has 0 fully saturated rings. The molecule has 0 spiro atoms. The van der Waals surface area contributed by atoms with Gasteiger partial charge in [0.1, 0.15) is 5.76 Å². The van der Waals surface area contributed by atoms with Crippen molar-refractivity contribution in [1.82, 2.24) is 4.90 Å². The molecule has 0 saturated carbocycles. The van der Waals surface area contributed by atoms with Gasteiger partial charge in [0.05, 0.1) is 35.2 Å². The molecule has 0 bridgehead atoms. The molecule has 36 heavy (non-hydrogen) atoms. The highest BCUT2D eigenvalue weighted by Gasteiger charge is 2.36. The number of fused-ring (bicyclic) bond motifs is 1. The molecule has 0 aliphatic carbocycles. The van der Waals surface area contributed by atoms with E-state index in [1.165, 1.54) is 24.5 Å². The lowest BCUT2D eigenvalue weighted by Crippen LogP contribution is -2.28. The van der Waals surface area contributed by atoms with Crippen LogP contribution in [-0.4, -0.2) is 28.5 Å². The van der Waals surface area contributed by atoms with Gasteiger partial charge in [-0.2, -0.15) is 0 Å². The number of para-hydroxylation sites is 1. The maximum Gasteiger partial charge on any atom is 0.261 e. The zero-order valence-electron chi connectivity index (χ0n) is 19.3. The first-order valence-corrected chi connectivity index (χ1v) is 11.2. The number of benzene rings is 3. The number of anilines is 2. The maximum atomic E-state index is 13.1. The van der Waals surface area contributed by atoms with Gasteiger partial charge < -0.3 is 15.1 Å². The van der Waals surface area contributed by atoms with E-state index in [2.05, 4.69) is 10.6 Å². The molecular formula is C28H21N3O5. The van der Waals surface area contributed by atoms with Crippen molar-refractivity contribution in [1.29, 1.82) is 0 Å². The fourth-order valence-electron chi connectivity index (χ4n) is 4.04. The van der Waals surface area contributed by atoms with Gasteiger partial charge in [0, 0.05) is 11.3 Å². The molecule has 4 amide bonds. The fourth-order valence-corrected chi connectivity index (χ4v) is 4.04. The number of carbonyl (C=O) groups excluding carboxylic acids is 4. The Morgan fingerprint density at radius 2 is 1.61 bits per heavy atom. The van der Waals surface area contributed by atoms with Gasteiger partial charge in [0.15, 0.2) is 0 Å². The van der Waals surface area contributed by atoms with Crippen LogP contribution in [0, 0.1) is 6.92 Å². The molecule has 8 heteroatoms. The number of nitrogens with zero attached hydrogens (tertiary/aromatic N) is 1. The number of hydrogen-bond acceptors (Lipinski definition) is 5. The van der Waals surface area contributed by atoms with Crippen LogP contribution in [0.1, 0.15) is 52.8 Å². The predicted molar refractivity (Wildman–Crippen MR) is 133 cm³/mol. The number of amides is 4. The molecule has 3 aromatic carbocycles. The highest BCUT2D eigenvalue weighted by atomic mass is 16.3. The maximum absolute atomic E-state index is 13.1. The molecule has 4 aromatic rings. The first-order valence-electron chi connectivity index (χ1n) is 11.2. The second-order valence-electron chi connectivity index (χ2n) is 8.36. The van der Waals surface area contributed by atoms with Crippen LogP contribution < -0.4 is 10.6 Å². The predicted octanol–water partition coefficient (Wildman–Crippen LogP) is 4.89. The lowest BCUT2D eigenvalue weighted by atomic mass is 10.0. The summed E-state index contributed by atoms with van der Waals surface area (Å²) in [5.41, 5.74) is 2.79. The second kappa shape index (κ2) is 9.34. The Kier molecular flexibility index (Phi) is 5.92. The summed E-state index contributed by atoms with van der Waals surface area (Å²) in [6, 6.07) is 21.7. The molecular weight excluding hydrogens is 458 g/mol. The third kappa shape index (κ3) is 4.39. The van der Waals surface area contributed by atoms with E-state index in [0.29, 0.717) is 17.1 Å². The summed E-state index contributed by atoms with van der Waals surface area (Å²) in [6.45, 7) is 1.93. The third-order valence-electron chi connectivity index (χ3n) is 5.82. The van der Waals surface area contributed by atoms with E-state index >= 15 is 0 Å². The van der Waals surface area contributed by atoms with Crippen molar-refractivity contribution in [2.45, 2.75) is 13.5 Å². The minimum atomic E-state index is -0.515. The third-order valence-corrected chi connectivity index (χ3v) is 5.82. The summed E-state index contributed by atoms with van der Waals surface area (Å²) in [5, 5.41) is 5.58. The zero-order chi connectivity index (χ0) is 25.2. The number of hydrogen-bond donors (Lipinski definition) is 2. The number of rotatable bonds is 6. The molecule has 8 nitrogen and oxygen atoms in total. The Hall–Kier alpha value is -4.98. The fraction of sp³-hybridized carbons (Fsp3) is 0.0714. The van der Waals surface area contributed by atoms with Crippen LogP contribution >= 0.6 is 0 Å². The van der Waals surface area contributed by atoms with Crippen LogP contribution in [0.15, 0.2) is 89.5 Å². The monoisotopic (exact) mass is 479 g/mol. The summed E-state index contributed by atoms with van der Waals surface area (Å²) >= 11 is 0. The van der Waals surface area contributed by atoms with E-state index in [1.807, 2.05) is 25.1 Å². The Morgan fingerprint density at radius 1 is 0.806 bits per heavy atom. The zero-order valence-corrected chi connectivity index (χ0v) is 19.3. The minimum absolute atomic E-state index is 0.00427. The van der Waals surface area contributed by atoms with Crippen molar-refractivity contribution in [2.24, 2.45) is 0 Å². The topological polar surface area (TPSA) is 109 Å². The average Bonchev–Trinajstić information content (AvgIpc) is 3.47. The molecule has 1 aliphatic heterocycles. The van der Waals surface area contributed by atoms with E-state index in [1.54, 1.807) is 42.5 Å². The van der Waals surface area contributed by atoms with E-state index in [-0.39, 0.29) is 34.7 Å². The Bertz CT molecular complexity index is 1510. The summed E-state index contributed by atoms with van der Waals surface area (Å²) in [4.78, 5) is 52.6. The summed E-state index contributed by atoms with van der Waals surface area (Å²) in [7, 11) is 0. The molecule has 0 saturated heterocycles. The molecule has 0 unspecified atom stereocenters. The highest BCUT2D eigenvalue weighted by Crippen LogP contribution is 2.27. The normalized spacial score (nSPS) is 12.4. The molecule has 2 N–H and O–H groups in total. The van der Waals surface area contributed by atoms with Gasteiger partial charge in [-0.3, -0.25) is 24.1 Å². The van der Waals surface area contributed by atoms with Crippen molar-refractivity contribution in [3.05, 3.63) is 119 Å². The number of imide groups is 1. The van der Waals surface area contributed by atoms with Crippen molar-refractivity contribution >= 4 is 35.0 Å². The van der Waals surface area contributed by atoms with Crippen LogP contribution in [0.25, 0.3) is 0 Å². The van der Waals surface area contributed by atoms with Gasteiger partial charge in [-0.15, -0.1) is 0 Å². The van der Waals surface area contributed by atoms with Crippen LogP contribution in [0.2, 0.25) is 0 Å². The molecule has 2 heterocycles. The van der Waals surface area contributed by atoms with E-state index in [0.717, 1.165) is 10.5 Å². The smallest absolute Gasteiger partial charge is 0.261 e. The van der Waals surface area contributed by atoms with Crippen molar-refractivity contribution in [3.8, 4) is 0 Å². The lowest BCUT2D eigenvalue weighted by molar-refractivity contribution is 0.0631. The molecule has 0 atom stereocenters. The number of nitrogens with one attached hydrogen (secondary N) is 2. The second-order valence-corrected chi connectivity index (χ2v) is 8.36. The highest BCUT2D eigenvalue weighted by molar-refractivity contribution is 6.22. The van der Waals surface area contributed by atoms with Gasteiger partial charge in [-0.1, -0.05) is 24.3 Å². The van der Waals surface area contributed by atoms with E-state index in [9.17, 15) is 19.2 Å². The molecule has 5 rings (SSSR count). The summed E-state index contributed by atoms with van der Waals surface area (Å²) in [6.07, 6.45) is 1.47. The number of furan rings is 1. The molecule has 1 aliphatic rings. The Labute approximate surface area is 206 Å². The van der Waals surface area contributed by atoms with Crippen LogP contribution in [0.5, 0.6) is 0 Å². The molecule has 1 aromatic heterocycles. The largest absolute Gasteiger partial charge is 0.467 e. The Morgan fingerprint density at radius 3 is 2.39 bits per heavy atom. The first-order chi connectivity index (χ1) is 17.4. The average molecular weight is 479 g/mol. The van der Waals surface area contributed by atoms with Crippen molar-refractivity contribution in [3.63, 3.8) is 0 Å². The van der Waals surface area contributed by atoms with Gasteiger partial charge >= 0.3 is 0 Å². The number of aryl methyl sites for hydroxylation is 1. The molecule has 178 valence electrons. The van der Waals surface area contributed by atoms with E-state index < -0.39 is 17.7 Å². The van der Waals surface area contributed by atoms with Crippen molar-refractivity contribution < 1.29 is 23.6 Å².